The number of amides is 1. The summed E-state index contributed by atoms with van der Waals surface area (Å²) in [4.78, 5) is 10.9. The lowest BCUT2D eigenvalue weighted by Crippen LogP contribution is -2.45. The molecule has 13 heavy (non-hydrogen) atoms. The number of hydrogen-bond acceptors (Lipinski definition) is 2. The van der Waals surface area contributed by atoms with Crippen LogP contribution in [-0.4, -0.2) is 18.5 Å². The Labute approximate surface area is 80.4 Å². The first-order chi connectivity index (χ1) is 6.09. The van der Waals surface area contributed by atoms with E-state index >= 15 is 0 Å². The molecule has 3 heteroatoms. The molecule has 0 aliphatic heterocycles. The normalized spacial score (nSPS) is 12.8. The SMILES string of the molecule is C=CCCCNC(C(N)=O)C(C)C. The van der Waals surface area contributed by atoms with Gasteiger partial charge >= 0.3 is 0 Å². The molecule has 1 atom stereocenters. The highest BCUT2D eigenvalue weighted by Gasteiger charge is 2.17. The van der Waals surface area contributed by atoms with Gasteiger partial charge in [-0.3, -0.25) is 4.79 Å². The van der Waals surface area contributed by atoms with E-state index in [4.69, 9.17) is 5.73 Å². The Kier molecular flexibility index (Phi) is 6.24. The van der Waals surface area contributed by atoms with E-state index < -0.39 is 0 Å². The van der Waals surface area contributed by atoms with Crippen molar-refractivity contribution in [3.05, 3.63) is 12.7 Å². The summed E-state index contributed by atoms with van der Waals surface area (Å²) in [6.45, 7) is 8.41. The zero-order valence-electron chi connectivity index (χ0n) is 8.55. The van der Waals surface area contributed by atoms with E-state index in [9.17, 15) is 4.79 Å². The van der Waals surface area contributed by atoms with Crippen molar-refractivity contribution in [3.63, 3.8) is 0 Å². The van der Waals surface area contributed by atoms with E-state index in [1.165, 1.54) is 0 Å². The van der Waals surface area contributed by atoms with Crippen LogP contribution in [0.1, 0.15) is 26.7 Å². The molecule has 1 amide bonds. The van der Waals surface area contributed by atoms with Gasteiger partial charge in [0, 0.05) is 0 Å². The monoisotopic (exact) mass is 184 g/mol. The van der Waals surface area contributed by atoms with E-state index in [0.29, 0.717) is 0 Å². The fourth-order valence-corrected chi connectivity index (χ4v) is 1.17. The van der Waals surface area contributed by atoms with Crippen LogP contribution >= 0.6 is 0 Å². The topological polar surface area (TPSA) is 55.1 Å². The molecule has 0 aliphatic carbocycles. The van der Waals surface area contributed by atoms with Crippen molar-refractivity contribution in [2.75, 3.05) is 6.54 Å². The summed E-state index contributed by atoms with van der Waals surface area (Å²) in [6.07, 6.45) is 3.84. The molecule has 0 saturated carbocycles. The lowest BCUT2D eigenvalue weighted by Gasteiger charge is -2.18. The minimum atomic E-state index is -0.270. The highest BCUT2D eigenvalue weighted by molar-refractivity contribution is 5.80. The molecule has 0 saturated heterocycles. The molecule has 0 bridgehead atoms. The molecule has 0 rings (SSSR count). The van der Waals surface area contributed by atoms with E-state index in [0.717, 1.165) is 19.4 Å². The first kappa shape index (κ1) is 12.2. The largest absolute Gasteiger partial charge is 0.368 e. The van der Waals surface area contributed by atoms with Gasteiger partial charge in [0.15, 0.2) is 0 Å². The van der Waals surface area contributed by atoms with E-state index in [-0.39, 0.29) is 17.9 Å². The average molecular weight is 184 g/mol. The van der Waals surface area contributed by atoms with Crippen molar-refractivity contribution in [3.8, 4) is 0 Å². The van der Waals surface area contributed by atoms with Gasteiger partial charge in [0.2, 0.25) is 5.91 Å². The molecule has 0 aromatic rings. The van der Waals surface area contributed by atoms with Crippen LogP contribution in [0.15, 0.2) is 12.7 Å². The summed E-state index contributed by atoms with van der Waals surface area (Å²) in [6, 6.07) is -0.204. The second kappa shape index (κ2) is 6.66. The number of primary amides is 1. The maximum atomic E-state index is 10.9. The van der Waals surface area contributed by atoms with Crippen molar-refractivity contribution in [2.45, 2.75) is 32.7 Å². The Balaban J connectivity index is 3.70. The molecule has 0 aromatic heterocycles. The highest BCUT2D eigenvalue weighted by atomic mass is 16.1. The Morgan fingerprint density at radius 1 is 1.62 bits per heavy atom. The third-order valence-corrected chi connectivity index (χ3v) is 1.92. The van der Waals surface area contributed by atoms with Gasteiger partial charge in [0.05, 0.1) is 6.04 Å². The summed E-state index contributed by atoms with van der Waals surface area (Å²) in [5.41, 5.74) is 5.23. The van der Waals surface area contributed by atoms with Crippen LogP contribution < -0.4 is 11.1 Å². The second-order valence-electron chi connectivity index (χ2n) is 3.51. The Hall–Kier alpha value is -0.830. The number of allylic oxidation sites excluding steroid dienone is 1. The van der Waals surface area contributed by atoms with Gasteiger partial charge in [-0.05, 0) is 25.3 Å². The fraction of sp³-hybridized carbons (Fsp3) is 0.700. The number of carbonyl (C=O) groups excluding carboxylic acids is 1. The number of nitrogens with two attached hydrogens (primary N) is 1. The standard InChI is InChI=1S/C10H20N2O/c1-4-5-6-7-12-9(8(2)3)10(11)13/h4,8-9,12H,1,5-7H2,2-3H3,(H2,11,13). The second-order valence-corrected chi connectivity index (χ2v) is 3.51. The molecule has 0 fully saturated rings. The zero-order chi connectivity index (χ0) is 10.3. The van der Waals surface area contributed by atoms with Crippen LogP contribution in [0.25, 0.3) is 0 Å². The minimum Gasteiger partial charge on any atom is -0.368 e. The van der Waals surface area contributed by atoms with Crippen LogP contribution in [0.5, 0.6) is 0 Å². The highest BCUT2D eigenvalue weighted by Crippen LogP contribution is 2.00. The van der Waals surface area contributed by atoms with Crippen molar-refractivity contribution >= 4 is 5.91 Å². The fourth-order valence-electron chi connectivity index (χ4n) is 1.17. The van der Waals surface area contributed by atoms with Gasteiger partial charge in [-0.25, -0.2) is 0 Å². The predicted molar refractivity (Wildman–Crippen MR) is 55.3 cm³/mol. The number of carbonyl (C=O) groups is 1. The number of rotatable bonds is 7. The van der Waals surface area contributed by atoms with E-state index in [1.54, 1.807) is 0 Å². The maximum Gasteiger partial charge on any atom is 0.234 e. The molecule has 0 aliphatic rings. The van der Waals surface area contributed by atoms with Gasteiger partial charge in [0.25, 0.3) is 0 Å². The molecular weight excluding hydrogens is 164 g/mol. The molecule has 0 heterocycles. The number of nitrogens with one attached hydrogen (secondary N) is 1. The summed E-state index contributed by atoms with van der Waals surface area (Å²) in [5.74, 6) is -0.0187. The van der Waals surface area contributed by atoms with Gasteiger partial charge in [-0.2, -0.15) is 0 Å². The van der Waals surface area contributed by atoms with Crippen LogP contribution in [-0.2, 0) is 4.79 Å². The Morgan fingerprint density at radius 3 is 2.62 bits per heavy atom. The molecule has 1 unspecified atom stereocenters. The van der Waals surface area contributed by atoms with Gasteiger partial charge in [-0.1, -0.05) is 19.9 Å². The van der Waals surface area contributed by atoms with Gasteiger partial charge in [-0.15, -0.1) is 6.58 Å². The lowest BCUT2D eigenvalue weighted by atomic mass is 10.0. The quantitative estimate of drug-likeness (QED) is 0.459. The maximum absolute atomic E-state index is 10.9. The zero-order valence-corrected chi connectivity index (χ0v) is 8.55. The Morgan fingerprint density at radius 2 is 2.23 bits per heavy atom. The van der Waals surface area contributed by atoms with E-state index in [2.05, 4.69) is 11.9 Å². The summed E-state index contributed by atoms with van der Waals surface area (Å²) in [7, 11) is 0. The molecular formula is C10H20N2O. The van der Waals surface area contributed by atoms with Crippen LogP contribution in [0.3, 0.4) is 0 Å². The average Bonchev–Trinajstić information content (AvgIpc) is 2.02. The molecule has 3 N–H and O–H groups in total. The Bertz CT molecular complexity index is 166. The molecule has 0 radical (unpaired) electrons. The number of hydrogen-bond donors (Lipinski definition) is 2. The minimum absolute atomic E-state index is 0.204. The smallest absolute Gasteiger partial charge is 0.234 e. The lowest BCUT2D eigenvalue weighted by molar-refractivity contribution is -0.121. The van der Waals surface area contributed by atoms with E-state index in [1.807, 2.05) is 19.9 Å². The number of unbranched alkanes of at least 4 members (excludes halogenated alkanes) is 1. The summed E-state index contributed by atoms with van der Waals surface area (Å²) in [5, 5.41) is 3.13. The summed E-state index contributed by atoms with van der Waals surface area (Å²) >= 11 is 0. The van der Waals surface area contributed by atoms with Crippen LogP contribution in [0, 0.1) is 5.92 Å². The molecule has 3 nitrogen and oxygen atoms in total. The first-order valence-corrected chi connectivity index (χ1v) is 4.73. The first-order valence-electron chi connectivity index (χ1n) is 4.73. The third-order valence-electron chi connectivity index (χ3n) is 1.92. The molecule has 0 spiro atoms. The van der Waals surface area contributed by atoms with Crippen LogP contribution in [0.4, 0.5) is 0 Å². The molecule has 0 aromatic carbocycles. The molecule has 76 valence electrons. The van der Waals surface area contributed by atoms with Crippen LogP contribution in [0.2, 0.25) is 0 Å². The predicted octanol–water partition coefficient (Wildman–Crippen LogP) is 1.05. The van der Waals surface area contributed by atoms with Crippen molar-refractivity contribution in [1.29, 1.82) is 0 Å². The van der Waals surface area contributed by atoms with Crippen molar-refractivity contribution in [2.24, 2.45) is 11.7 Å². The van der Waals surface area contributed by atoms with Crippen molar-refractivity contribution in [1.82, 2.24) is 5.32 Å². The van der Waals surface area contributed by atoms with Gasteiger partial charge < -0.3 is 11.1 Å². The third kappa shape index (κ3) is 5.42. The van der Waals surface area contributed by atoms with Gasteiger partial charge in [0.1, 0.15) is 0 Å². The van der Waals surface area contributed by atoms with Crippen molar-refractivity contribution < 1.29 is 4.79 Å². The summed E-state index contributed by atoms with van der Waals surface area (Å²) < 4.78 is 0.